The molecule has 28 heavy (non-hydrogen) atoms. The fraction of sp³-hybridized carbons (Fsp3) is 0.250. The molecule has 5 nitrogen and oxygen atoms in total. The third-order valence-electron chi connectivity index (χ3n) is 4.01. The van der Waals surface area contributed by atoms with E-state index in [1.807, 2.05) is 31.2 Å². The zero-order valence-corrected chi connectivity index (χ0v) is 17.4. The minimum atomic E-state index is -0.358. The number of anilines is 3. The molecule has 0 radical (unpaired) electrons. The van der Waals surface area contributed by atoms with Crippen LogP contribution in [-0.4, -0.2) is 21.4 Å². The van der Waals surface area contributed by atoms with E-state index in [0.717, 1.165) is 11.3 Å². The Bertz CT molecular complexity index is 961. The van der Waals surface area contributed by atoms with E-state index in [9.17, 15) is 9.18 Å². The molecule has 2 aromatic carbocycles. The molecule has 0 saturated carbocycles. The highest BCUT2D eigenvalue weighted by molar-refractivity contribution is 8.02. The van der Waals surface area contributed by atoms with Gasteiger partial charge in [0.2, 0.25) is 11.0 Å². The molecular formula is C20H21FN4OS2. The number of aromatic nitrogens is 2. The van der Waals surface area contributed by atoms with Gasteiger partial charge in [0.25, 0.3) is 0 Å². The number of carbonyl (C=O) groups excluding carboxylic acids is 1. The first kappa shape index (κ1) is 20.3. The van der Waals surface area contributed by atoms with E-state index in [1.54, 1.807) is 18.2 Å². The van der Waals surface area contributed by atoms with E-state index in [-0.39, 0.29) is 17.0 Å². The Morgan fingerprint density at radius 1 is 1.04 bits per heavy atom. The summed E-state index contributed by atoms with van der Waals surface area (Å²) >= 11 is 2.60. The topological polar surface area (TPSA) is 66.9 Å². The van der Waals surface area contributed by atoms with Gasteiger partial charge in [-0.3, -0.25) is 4.79 Å². The highest BCUT2D eigenvalue weighted by atomic mass is 32.2. The number of halogens is 1. The van der Waals surface area contributed by atoms with Crippen molar-refractivity contribution in [2.75, 3.05) is 10.6 Å². The Hall–Kier alpha value is -2.45. The standard InChI is InChI=1S/C20H21FN4OS2/c1-12(2)14-8-4-6-10-16(14)22-18(26)13(3)27-20-25-24-19(28-20)23-17-11-7-5-9-15(17)21/h4-13H,1-3H3,(H,22,26)(H,23,24). The number of rotatable bonds is 7. The van der Waals surface area contributed by atoms with Crippen molar-refractivity contribution in [1.82, 2.24) is 10.2 Å². The van der Waals surface area contributed by atoms with E-state index >= 15 is 0 Å². The second-order valence-corrected chi connectivity index (χ2v) is 9.03. The van der Waals surface area contributed by atoms with Gasteiger partial charge in [0.05, 0.1) is 10.9 Å². The van der Waals surface area contributed by atoms with E-state index in [4.69, 9.17) is 0 Å². The number of para-hydroxylation sites is 2. The van der Waals surface area contributed by atoms with Gasteiger partial charge in [-0.05, 0) is 36.6 Å². The predicted molar refractivity (Wildman–Crippen MR) is 114 cm³/mol. The maximum Gasteiger partial charge on any atom is 0.237 e. The lowest BCUT2D eigenvalue weighted by Crippen LogP contribution is -2.23. The maximum absolute atomic E-state index is 13.7. The first-order valence-electron chi connectivity index (χ1n) is 8.85. The molecular weight excluding hydrogens is 395 g/mol. The number of carbonyl (C=O) groups is 1. The van der Waals surface area contributed by atoms with Gasteiger partial charge >= 0.3 is 0 Å². The van der Waals surface area contributed by atoms with Crippen LogP contribution in [0.15, 0.2) is 52.9 Å². The zero-order chi connectivity index (χ0) is 20.1. The lowest BCUT2D eigenvalue weighted by atomic mass is 10.0. The van der Waals surface area contributed by atoms with Crippen molar-refractivity contribution in [2.45, 2.75) is 36.3 Å². The molecule has 1 unspecified atom stereocenters. The largest absolute Gasteiger partial charge is 0.328 e. The van der Waals surface area contributed by atoms with Crippen LogP contribution < -0.4 is 10.6 Å². The van der Waals surface area contributed by atoms with Gasteiger partial charge in [0.15, 0.2) is 4.34 Å². The first-order valence-corrected chi connectivity index (χ1v) is 10.5. The van der Waals surface area contributed by atoms with Gasteiger partial charge in [0, 0.05) is 5.69 Å². The highest BCUT2D eigenvalue weighted by Crippen LogP contribution is 2.32. The second-order valence-electron chi connectivity index (χ2n) is 6.47. The van der Waals surface area contributed by atoms with Crippen molar-refractivity contribution in [3.63, 3.8) is 0 Å². The Morgan fingerprint density at radius 2 is 1.71 bits per heavy atom. The van der Waals surface area contributed by atoms with Gasteiger partial charge < -0.3 is 10.6 Å². The van der Waals surface area contributed by atoms with Crippen molar-refractivity contribution < 1.29 is 9.18 Å². The summed E-state index contributed by atoms with van der Waals surface area (Å²) in [6.07, 6.45) is 0. The predicted octanol–water partition coefficient (Wildman–Crippen LogP) is 5.66. The van der Waals surface area contributed by atoms with Gasteiger partial charge in [-0.15, -0.1) is 10.2 Å². The van der Waals surface area contributed by atoms with E-state index < -0.39 is 0 Å². The van der Waals surface area contributed by atoms with E-state index in [2.05, 4.69) is 34.7 Å². The molecule has 0 fully saturated rings. The number of benzene rings is 2. The van der Waals surface area contributed by atoms with Crippen molar-refractivity contribution in [1.29, 1.82) is 0 Å². The SMILES string of the molecule is CC(Sc1nnc(Nc2ccccc2F)s1)C(=O)Nc1ccccc1C(C)C. The van der Waals surface area contributed by atoms with E-state index in [0.29, 0.717) is 21.1 Å². The molecule has 2 N–H and O–H groups in total. The third-order valence-corrected chi connectivity index (χ3v) is 6.03. The van der Waals surface area contributed by atoms with Gasteiger partial charge in [-0.25, -0.2) is 4.39 Å². The first-order chi connectivity index (χ1) is 13.4. The van der Waals surface area contributed by atoms with E-state index in [1.165, 1.54) is 29.2 Å². The number of nitrogens with one attached hydrogen (secondary N) is 2. The van der Waals surface area contributed by atoms with Crippen LogP contribution in [0.2, 0.25) is 0 Å². The van der Waals surface area contributed by atoms with Crippen molar-refractivity contribution in [2.24, 2.45) is 0 Å². The molecule has 3 aromatic rings. The molecule has 1 atom stereocenters. The fourth-order valence-electron chi connectivity index (χ4n) is 2.54. The number of nitrogens with zero attached hydrogens (tertiary/aromatic N) is 2. The summed E-state index contributed by atoms with van der Waals surface area (Å²) in [6, 6.07) is 14.2. The number of hydrogen-bond acceptors (Lipinski definition) is 6. The van der Waals surface area contributed by atoms with Crippen LogP contribution in [0.25, 0.3) is 0 Å². The summed E-state index contributed by atoms with van der Waals surface area (Å²) in [7, 11) is 0. The molecule has 0 aliphatic carbocycles. The summed E-state index contributed by atoms with van der Waals surface area (Å²) < 4.78 is 14.4. The summed E-state index contributed by atoms with van der Waals surface area (Å²) in [6.45, 7) is 6.01. The molecule has 1 amide bonds. The molecule has 0 bridgehead atoms. The Morgan fingerprint density at radius 3 is 2.43 bits per heavy atom. The lowest BCUT2D eigenvalue weighted by molar-refractivity contribution is -0.115. The third kappa shape index (κ3) is 5.08. The number of thioether (sulfide) groups is 1. The van der Waals surface area contributed by atoms with Gasteiger partial charge in [-0.1, -0.05) is 67.3 Å². The smallest absolute Gasteiger partial charge is 0.237 e. The van der Waals surface area contributed by atoms with Crippen LogP contribution >= 0.6 is 23.1 Å². The molecule has 0 aliphatic rings. The maximum atomic E-state index is 13.7. The van der Waals surface area contributed by atoms with Gasteiger partial charge in [-0.2, -0.15) is 0 Å². The molecule has 1 heterocycles. The average molecular weight is 417 g/mol. The van der Waals surface area contributed by atoms with Crippen LogP contribution in [0.5, 0.6) is 0 Å². The summed E-state index contributed by atoms with van der Waals surface area (Å²) in [4.78, 5) is 12.6. The number of amides is 1. The van der Waals surface area contributed by atoms with Crippen LogP contribution in [0, 0.1) is 5.82 Å². The molecule has 0 saturated heterocycles. The summed E-state index contributed by atoms with van der Waals surface area (Å²) in [5.74, 6) is -0.144. The normalized spacial score (nSPS) is 12.0. The van der Waals surface area contributed by atoms with Crippen molar-refractivity contribution >= 4 is 45.5 Å². The van der Waals surface area contributed by atoms with Crippen LogP contribution in [0.1, 0.15) is 32.3 Å². The molecule has 146 valence electrons. The Labute approximate surface area is 171 Å². The van der Waals surface area contributed by atoms with Crippen LogP contribution in [0.4, 0.5) is 20.9 Å². The fourth-order valence-corrected chi connectivity index (χ4v) is 4.45. The van der Waals surface area contributed by atoms with Gasteiger partial charge in [0.1, 0.15) is 5.82 Å². The molecule has 1 aromatic heterocycles. The Kier molecular flexibility index (Phi) is 6.64. The number of hydrogen-bond donors (Lipinski definition) is 2. The van der Waals surface area contributed by atoms with Crippen LogP contribution in [-0.2, 0) is 4.79 Å². The minimum Gasteiger partial charge on any atom is -0.328 e. The average Bonchev–Trinajstić information content (AvgIpc) is 3.10. The lowest BCUT2D eigenvalue weighted by Gasteiger charge is -2.15. The molecule has 0 spiro atoms. The highest BCUT2D eigenvalue weighted by Gasteiger charge is 2.19. The zero-order valence-electron chi connectivity index (χ0n) is 15.8. The summed E-state index contributed by atoms with van der Waals surface area (Å²) in [5, 5.41) is 14.1. The quantitative estimate of drug-likeness (QED) is 0.486. The minimum absolute atomic E-state index is 0.100. The molecule has 0 aliphatic heterocycles. The monoisotopic (exact) mass is 416 g/mol. The van der Waals surface area contributed by atoms with Crippen molar-refractivity contribution in [3.8, 4) is 0 Å². The molecule has 3 rings (SSSR count). The summed E-state index contributed by atoms with van der Waals surface area (Å²) in [5.41, 5.74) is 2.26. The second kappa shape index (κ2) is 9.16. The van der Waals surface area contributed by atoms with Crippen molar-refractivity contribution in [3.05, 3.63) is 59.9 Å². The van der Waals surface area contributed by atoms with Crippen LogP contribution in [0.3, 0.4) is 0 Å². The Balaban J connectivity index is 1.62. The molecule has 8 heteroatoms.